The molecule has 0 radical (unpaired) electrons. The zero-order chi connectivity index (χ0) is 18.9. The second kappa shape index (κ2) is 9.38. The number of carbonyl (C=O) groups is 1. The molecule has 0 atom stereocenters. The molecule has 0 aliphatic rings. The summed E-state index contributed by atoms with van der Waals surface area (Å²) >= 11 is 0. The lowest BCUT2D eigenvalue weighted by molar-refractivity contribution is 0.0953. The molecular formula is C22H23N3O2. The standard InChI is InChI=1S/C22H23N3O2/c1-27-21-11-5-10-19(14-21)25-20-13-18(15-23-16-20)22(26)24-12-6-9-17-7-3-2-4-8-17/h2-5,7-8,10-11,13-16,25H,6,9,12H2,1H3,(H,24,26). The number of methoxy groups -OCH3 is 1. The van der Waals surface area contributed by atoms with Crippen LogP contribution in [0.3, 0.4) is 0 Å². The van der Waals surface area contributed by atoms with E-state index in [1.54, 1.807) is 25.6 Å². The van der Waals surface area contributed by atoms with Gasteiger partial charge in [-0.1, -0.05) is 36.4 Å². The predicted octanol–water partition coefficient (Wildman–Crippen LogP) is 4.20. The fourth-order valence-corrected chi connectivity index (χ4v) is 2.74. The average molecular weight is 361 g/mol. The van der Waals surface area contributed by atoms with Gasteiger partial charge in [0, 0.05) is 24.5 Å². The first-order chi connectivity index (χ1) is 13.2. The lowest BCUT2D eigenvalue weighted by Crippen LogP contribution is -2.25. The van der Waals surface area contributed by atoms with E-state index < -0.39 is 0 Å². The first-order valence-corrected chi connectivity index (χ1v) is 8.93. The van der Waals surface area contributed by atoms with Crippen molar-refractivity contribution in [2.45, 2.75) is 12.8 Å². The number of hydrogen-bond acceptors (Lipinski definition) is 4. The van der Waals surface area contributed by atoms with Crippen LogP contribution in [0.5, 0.6) is 5.75 Å². The lowest BCUT2D eigenvalue weighted by Gasteiger charge is -2.10. The van der Waals surface area contributed by atoms with Crippen molar-refractivity contribution in [1.29, 1.82) is 0 Å². The van der Waals surface area contributed by atoms with Crippen LogP contribution >= 0.6 is 0 Å². The van der Waals surface area contributed by atoms with Crippen molar-refractivity contribution < 1.29 is 9.53 Å². The smallest absolute Gasteiger partial charge is 0.252 e. The second-order valence-corrected chi connectivity index (χ2v) is 6.16. The van der Waals surface area contributed by atoms with E-state index in [4.69, 9.17) is 4.74 Å². The Bertz CT molecular complexity index is 881. The van der Waals surface area contributed by atoms with E-state index in [0.29, 0.717) is 12.1 Å². The fraction of sp³-hybridized carbons (Fsp3) is 0.182. The maximum Gasteiger partial charge on any atom is 0.252 e. The SMILES string of the molecule is COc1cccc(Nc2cncc(C(=O)NCCCc3ccccc3)c2)c1. The van der Waals surface area contributed by atoms with E-state index in [2.05, 4.69) is 27.8 Å². The number of aromatic nitrogens is 1. The molecule has 0 aliphatic heterocycles. The van der Waals surface area contributed by atoms with Crippen LogP contribution < -0.4 is 15.4 Å². The molecule has 0 saturated heterocycles. The highest BCUT2D eigenvalue weighted by atomic mass is 16.5. The van der Waals surface area contributed by atoms with Crippen LogP contribution in [-0.2, 0) is 6.42 Å². The van der Waals surface area contributed by atoms with Crippen molar-refractivity contribution in [3.8, 4) is 5.75 Å². The Kier molecular flexibility index (Phi) is 6.41. The van der Waals surface area contributed by atoms with Crippen molar-refractivity contribution in [1.82, 2.24) is 10.3 Å². The molecule has 1 amide bonds. The van der Waals surface area contributed by atoms with Crippen molar-refractivity contribution in [3.63, 3.8) is 0 Å². The summed E-state index contributed by atoms with van der Waals surface area (Å²) in [6.07, 6.45) is 5.09. The summed E-state index contributed by atoms with van der Waals surface area (Å²) in [6, 6.07) is 19.6. The number of amides is 1. The number of aryl methyl sites for hydroxylation is 1. The first kappa shape index (κ1) is 18.5. The zero-order valence-corrected chi connectivity index (χ0v) is 15.3. The number of nitrogens with zero attached hydrogens (tertiary/aromatic N) is 1. The molecule has 3 rings (SSSR count). The molecule has 2 N–H and O–H groups in total. The number of carbonyl (C=O) groups excluding carboxylic acids is 1. The molecule has 5 heteroatoms. The molecule has 2 aromatic carbocycles. The fourth-order valence-electron chi connectivity index (χ4n) is 2.74. The van der Waals surface area contributed by atoms with Gasteiger partial charge in [-0.3, -0.25) is 9.78 Å². The average Bonchev–Trinajstić information content (AvgIpc) is 2.72. The molecule has 0 bridgehead atoms. The van der Waals surface area contributed by atoms with Crippen LogP contribution in [-0.4, -0.2) is 24.5 Å². The Morgan fingerprint density at radius 2 is 1.85 bits per heavy atom. The quantitative estimate of drug-likeness (QED) is 0.590. The molecule has 0 unspecified atom stereocenters. The van der Waals surface area contributed by atoms with Crippen molar-refractivity contribution in [3.05, 3.63) is 84.2 Å². The van der Waals surface area contributed by atoms with Crippen LogP contribution in [0.4, 0.5) is 11.4 Å². The number of hydrogen-bond donors (Lipinski definition) is 2. The lowest BCUT2D eigenvalue weighted by atomic mass is 10.1. The summed E-state index contributed by atoms with van der Waals surface area (Å²) in [5.74, 6) is 0.644. The predicted molar refractivity (Wildman–Crippen MR) is 108 cm³/mol. The number of anilines is 2. The van der Waals surface area contributed by atoms with Crippen molar-refractivity contribution >= 4 is 17.3 Å². The zero-order valence-electron chi connectivity index (χ0n) is 15.3. The Morgan fingerprint density at radius 1 is 1.00 bits per heavy atom. The summed E-state index contributed by atoms with van der Waals surface area (Å²) in [6.45, 7) is 0.626. The van der Waals surface area contributed by atoms with Crippen LogP contribution in [0, 0.1) is 0 Å². The molecule has 0 fully saturated rings. The molecular weight excluding hydrogens is 338 g/mol. The number of pyridine rings is 1. The second-order valence-electron chi connectivity index (χ2n) is 6.16. The highest BCUT2D eigenvalue weighted by Gasteiger charge is 2.07. The molecule has 0 spiro atoms. The third kappa shape index (κ3) is 5.57. The normalized spacial score (nSPS) is 10.3. The van der Waals surface area contributed by atoms with Crippen LogP contribution in [0.1, 0.15) is 22.3 Å². The van der Waals surface area contributed by atoms with Gasteiger partial charge in [-0.2, -0.15) is 0 Å². The van der Waals surface area contributed by atoms with Gasteiger partial charge in [0.1, 0.15) is 5.75 Å². The van der Waals surface area contributed by atoms with Gasteiger partial charge in [-0.05, 0) is 36.6 Å². The van der Waals surface area contributed by atoms with Crippen LogP contribution in [0.15, 0.2) is 73.1 Å². The van der Waals surface area contributed by atoms with Gasteiger partial charge in [-0.15, -0.1) is 0 Å². The maximum absolute atomic E-state index is 12.4. The van der Waals surface area contributed by atoms with E-state index in [9.17, 15) is 4.79 Å². The van der Waals surface area contributed by atoms with Crippen molar-refractivity contribution in [2.75, 3.05) is 19.0 Å². The Balaban J connectivity index is 1.53. The van der Waals surface area contributed by atoms with E-state index in [1.807, 2.05) is 42.5 Å². The summed E-state index contributed by atoms with van der Waals surface area (Å²) in [5, 5.41) is 6.19. The Morgan fingerprint density at radius 3 is 2.67 bits per heavy atom. The number of nitrogens with one attached hydrogen (secondary N) is 2. The topological polar surface area (TPSA) is 63.2 Å². The summed E-state index contributed by atoms with van der Waals surface area (Å²) in [4.78, 5) is 16.5. The Labute approximate surface area is 159 Å². The minimum atomic E-state index is -0.121. The molecule has 138 valence electrons. The Hall–Kier alpha value is -3.34. The minimum Gasteiger partial charge on any atom is -0.497 e. The molecule has 5 nitrogen and oxygen atoms in total. The van der Waals surface area contributed by atoms with Gasteiger partial charge < -0.3 is 15.4 Å². The largest absolute Gasteiger partial charge is 0.497 e. The summed E-state index contributed by atoms with van der Waals surface area (Å²) < 4.78 is 5.22. The van der Waals surface area contributed by atoms with Gasteiger partial charge in [0.15, 0.2) is 0 Å². The highest BCUT2D eigenvalue weighted by Crippen LogP contribution is 2.21. The number of ether oxygens (including phenoxy) is 1. The molecule has 0 aliphatic carbocycles. The van der Waals surface area contributed by atoms with Crippen LogP contribution in [0.2, 0.25) is 0 Å². The monoisotopic (exact) mass is 361 g/mol. The van der Waals surface area contributed by atoms with E-state index >= 15 is 0 Å². The third-order valence-corrected chi connectivity index (χ3v) is 4.13. The van der Waals surface area contributed by atoms with Gasteiger partial charge in [-0.25, -0.2) is 0 Å². The molecule has 1 heterocycles. The minimum absolute atomic E-state index is 0.121. The number of benzene rings is 2. The highest BCUT2D eigenvalue weighted by molar-refractivity contribution is 5.94. The first-order valence-electron chi connectivity index (χ1n) is 8.93. The van der Waals surface area contributed by atoms with Crippen molar-refractivity contribution in [2.24, 2.45) is 0 Å². The van der Waals surface area contributed by atoms with Gasteiger partial charge in [0.05, 0.1) is 24.6 Å². The maximum atomic E-state index is 12.4. The summed E-state index contributed by atoms with van der Waals surface area (Å²) in [7, 11) is 1.63. The van der Waals surface area contributed by atoms with Crippen LogP contribution in [0.25, 0.3) is 0 Å². The van der Waals surface area contributed by atoms with E-state index in [0.717, 1.165) is 30.0 Å². The summed E-state index contributed by atoms with van der Waals surface area (Å²) in [5.41, 5.74) is 3.43. The van der Waals surface area contributed by atoms with Gasteiger partial charge in [0.2, 0.25) is 0 Å². The van der Waals surface area contributed by atoms with Gasteiger partial charge in [0.25, 0.3) is 5.91 Å². The number of rotatable bonds is 8. The molecule has 27 heavy (non-hydrogen) atoms. The molecule has 0 saturated carbocycles. The van der Waals surface area contributed by atoms with E-state index in [-0.39, 0.29) is 5.91 Å². The van der Waals surface area contributed by atoms with Gasteiger partial charge >= 0.3 is 0 Å². The molecule has 3 aromatic rings. The third-order valence-electron chi connectivity index (χ3n) is 4.13. The van der Waals surface area contributed by atoms with E-state index in [1.165, 1.54) is 5.56 Å². The molecule has 1 aromatic heterocycles.